The largest absolute Gasteiger partial charge is 0.465 e. The number of allylic oxidation sites excluding steroid dienone is 2. The van der Waals surface area contributed by atoms with Gasteiger partial charge in [-0.05, 0) is 29.5 Å². The van der Waals surface area contributed by atoms with E-state index in [0.717, 1.165) is 11.3 Å². The van der Waals surface area contributed by atoms with Gasteiger partial charge in [0, 0.05) is 17.7 Å². The van der Waals surface area contributed by atoms with Gasteiger partial charge in [0.05, 0.1) is 18.9 Å². The third-order valence-corrected chi connectivity index (χ3v) is 5.27. The summed E-state index contributed by atoms with van der Waals surface area (Å²) in [6, 6.07) is 8.67. The molecule has 1 aromatic heterocycles. The number of anilines is 1. The number of rotatable bonds is 2. The first-order valence-electron chi connectivity index (χ1n) is 9.04. The molecule has 2 aliphatic rings. The molecule has 2 heterocycles. The van der Waals surface area contributed by atoms with Crippen molar-refractivity contribution in [3.05, 3.63) is 58.4 Å². The van der Waals surface area contributed by atoms with Gasteiger partial charge in [0.1, 0.15) is 23.5 Å². The molecule has 0 saturated heterocycles. The fourth-order valence-corrected chi connectivity index (χ4v) is 4.02. The molecule has 2 aromatic rings. The molecule has 0 saturated carbocycles. The molecule has 0 fully saturated rings. The number of nitrogens with zero attached hydrogens (tertiary/aromatic N) is 3. The van der Waals surface area contributed by atoms with Gasteiger partial charge in [-0.25, -0.2) is 9.48 Å². The number of aromatic nitrogens is 2. The highest BCUT2D eigenvalue weighted by Gasteiger charge is 2.41. The molecule has 0 spiro atoms. The molecule has 0 bridgehead atoms. The predicted molar refractivity (Wildman–Crippen MR) is 102 cm³/mol. The molecule has 1 N–H and O–H groups in total. The topological polar surface area (TPSA) is 97.0 Å². The zero-order chi connectivity index (χ0) is 20.1. The molecule has 28 heavy (non-hydrogen) atoms. The first-order chi connectivity index (χ1) is 13.3. The first-order valence-corrected chi connectivity index (χ1v) is 9.04. The maximum atomic E-state index is 13.1. The third-order valence-electron chi connectivity index (χ3n) is 5.27. The minimum absolute atomic E-state index is 0.0699. The van der Waals surface area contributed by atoms with Crippen molar-refractivity contribution in [2.75, 3.05) is 12.4 Å². The van der Waals surface area contributed by atoms with Crippen LogP contribution in [0.3, 0.4) is 0 Å². The summed E-state index contributed by atoms with van der Waals surface area (Å²) in [6.07, 6.45) is 2.67. The molecule has 1 atom stereocenters. The van der Waals surface area contributed by atoms with Gasteiger partial charge in [-0.15, -0.1) is 0 Å². The lowest BCUT2D eigenvalue weighted by Gasteiger charge is -2.38. The van der Waals surface area contributed by atoms with Gasteiger partial charge < -0.3 is 10.1 Å². The first kappa shape index (κ1) is 18.0. The number of methoxy groups -OCH3 is 1. The van der Waals surface area contributed by atoms with Crippen molar-refractivity contribution in [1.82, 2.24) is 9.78 Å². The minimum Gasteiger partial charge on any atom is -0.465 e. The van der Waals surface area contributed by atoms with Crippen LogP contribution in [-0.2, 0) is 9.53 Å². The monoisotopic (exact) mass is 376 g/mol. The predicted octanol–water partition coefficient (Wildman–Crippen LogP) is 3.20. The summed E-state index contributed by atoms with van der Waals surface area (Å²) < 4.78 is 6.44. The van der Waals surface area contributed by atoms with Gasteiger partial charge in [0.25, 0.3) is 0 Å². The molecule has 0 radical (unpaired) electrons. The fourth-order valence-electron chi connectivity index (χ4n) is 4.02. The number of Topliss-reactive ketones (excluding diaryl/α,β-unsaturated/α-hetero) is 1. The third kappa shape index (κ3) is 2.78. The highest BCUT2D eigenvalue weighted by molar-refractivity contribution is 6.00. The van der Waals surface area contributed by atoms with Crippen molar-refractivity contribution in [3.63, 3.8) is 0 Å². The quantitative estimate of drug-likeness (QED) is 0.809. The second-order valence-electron chi connectivity index (χ2n) is 7.94. The summed E-state index contributed by atoms with van der Waals surface area (Å²) in [5, 5.41) is 17.1. The van der Waals surface area contributed by atoms with Crippen molar-refractivity contribution < 1.29 is 14.3 Å². The van der Waals surface area contributed by atoms with E-state index in [1.165, 1.54) is 13.3 Å². The Morgan fingerprint density at radius 3 is 2.68 bits per heavy atom. The number of fused-ring (bicyclic) bond motifs is 1. The maximum Gasteiger partial charge on any atom is 0.337 e. The summed E-state index contributed by atoms with van der Waals surface area (Å²) in [5.74, 6) is 0.244. The standard InChI is InChI=1S/C21H20N4O3/c1-21(2)8-15-17(16(26)9-21)18(25-19(24-15)14(10-22)11-23-25)12-4-6-13(7-5-12)20(27)28-3/h4-7,11,18,24H,8-9H2,1-3H3. The Labute approximate surface area is 162 Å². The van der Waals surface area contributed by atoms with Crippen LogP contribution in [0.5, 0.6) is 0 Å². The van der Waals surface area contributed by atoms with Crippen LogP contribution in [0.4, 0.5) is 5.82 Å². The Bertz CT molecular complexity index is 1050. The average Bonchev–Trinajstić information content (AvgIpc) is 3.07. The van der Waals surface area contributed by atoms with E-state index in [0.29, 0.717) is 35.4 Å². The molecule has 1 unspecified atom stereocenters. The normalized spacial score (nSPS) is 19.9. The number of hydrogen-bond acceptors (Lipinski definition) is 6. The lowest BCUT2D eigenvalue weighted by molar-refractivity contribution is -0.118. The molecule has 4 rings (SSSR count). The van der Waals surface area contributed by atoms with E-state index in [2.05, 4.69) is 30.3 Å². The van der Waals surface area contributed by atoms with Gasteiger partial charge in [-0.1, -0.05) is 26.0 Å². The smallest absolute Gasteiger partial charge is 0.337 e. The Morgan fingerprint density at radius 1 is 1.32 bits per heavy atom. The van der Waals surface area contributed by atoms with Crippen LogP contribution in [0, 0.1) is 16.7 Å². The van der Waals surface area contributed by atoms with E-state index in [1.807, 2.05) is 0 Å². The molecular formula is C21H20N4O3. The van der Waals surface area contributed by atoms with E-state index in [-0.39, 0.29) is 11.2 Å². The number of carbonyl (C=O) groups is 2. The second-order valence-corrected chi connectivity index (χ2v) is 7.94. The highest BCUT2D eigenvalue weighted by atomic mass is 16.5. The number of esters is 1. The van der Waals surface area contributed by atoms with Crippen molar-refractivity contribution in [2.45, 2.75) is 32.7 Å². The minimum atomic E-state index is -0.441. The van der Waals surface area contributed by atoms with Gasteiger partial charge in [0.2, 0.25) is 0 Å². The van der Waals surface area contributed by atoms with E-state index >= 15 is 0 Å². The summed E-state index contributed by atoms with van der Waals surface area (Å²) in [5.41, 5.74) is 3.04. The van der Waals surface area contributed by atoms with Crippen LogP contribution in [0.15, 0.2) is 41.7 Å². The number of ether oxygens (including phenoxy) is 1. The molecule has 7 nitrogen and oxygen atoms in total. The van der Waals surface area contributed by atoms with Gasteiger partial charge >= 0.3 is 5.97 Å². The maximum absolute atomic E-state index is 13.1. The van der Waals surface area contributed by atoms with Crippen LogP contribution < -0.4 is 5.32 Å². The molecule has 1 aliphatic heterocycles. The van der Waals surface area contributed by atoms with Crippen molar-refractivity contribution in [3.8, 4) is 6.07 Å². The fraction of sp³-hybridized carbons (Fsp3) is 0.333. The Balaban J connectivity index is 1.87. The zero-order valence-corrected chi connectivity index (χ0v) is 15.9. The number of nitriles is 1. The SMILES string of the molecule is COC(=O)c1ccc(C2C3=C(CC(C)(C)CC3=O)Nc3c(C#N)cnn32)cc1. The number of carbonyl (C=O) groups excluding carboxylic acids is 2. The number of hydrogen-bond donors (Lipinski definition) is 1. The van der Waals surface area contributed by atoms with Gasteiger partial charge in [-0.2, -0.15) is 10.4 Å². The van der Waals surface area contributed by atoms with E-state index < -0.39 is 12.0 Å². The lowest BCUT2D eigenvalue weighted by atomic mass is 9.73. The van der Waals surface area contributed by atoms with Crippen LogP contribution in [-0.4, -0.2) is 28.6 Å². The Kier molecular flexibility index (Phi) is 4.07. The molecular weight excluding hydrogens is 356 g/mol. The van der Waals surface area contributed by atoms with Crippen molar-refractivity contribution in [1.29, 1.82) is 5.26 Å². The summed E-state index contributed by atoms with van der Waals surface area (Å²) in [4.78, 5) is 24.8. The van der Waals surface area contributed by atoms with Crippen LogP contribution in [0.1, 0.15) is 54.2 Å². The van der Waals surface area contributed by atoms with E-state index in [4.69, 9.17) is 4.74 Å². The Morgan fingerprint density at radius 2 is 2.04 bits per heavy atom. The molecule has 7 heteroatoms. The number of nitrogens with one attached hydrogen (secondary N) is 1. The van der Waals surface area contributed by atoms with Crippen molar-refractivity contribution >= 4 is 17.6 Å². The van der Waals surface area contributed by atoms with Crippen LogP contribution in [0.25, 0.3) is 0 Å². The molecule has 142 valence electrons. The van der Waals surface area contributed by atoms with Gasteiger partial charge in [-0.3, -0.25) is 4.79 Å². The van der Waals surface area contributed by atoms with Gasteiger partial charge in [0.15, 0.2) is 5.78 Å². The highest BCUT2D eigenvalue weighted by Crippen LogP contribution is 2.46. The van der Waals surface area contributed by atoms with Crippen LogP contribution >= 0.6 is 0 Å². The second kappa shape index (κ2) is 6.34. The van der Waals surface area contributed by atoms with E-state index in [1.54, 1.807) is 28.9 Å². The molecule has 0 amide bonds. The lowest BCUT2D eigenvalue weighted by Crippen LogP contribution is -2.36. The Hall–Kier alpha value is -3.40. The number of benzene rings is 1. The van der Waals surface area contributed by atoms with Crippen LogP contribution in [0.2, 0.25) is 0 Å². The summed E-state index contributed by atoms with van der Waals surface area (Å²) in [6.45, 7) is 4.13. The number of ketones is 1. The summed E-state index contributed by atoms with van der Waals surface area (Å²) in [7, 11) is 1.34. The zero-order valence-electron chi connectivity index (χ0n) is 15.9. The molecule has 1 aromatic carbocycles. The summed E-state index contributed by atoms with van der Waals surface area (Å²) >= 11 is 0. The molecule has 1 aliphatic carbocycles. The average molecular weight is 376 g/mol. The van der Waals surface area contributed by atoms with Crippen molar-refractivity contribution in [2.24, 2.45) is 5.41 Å². The van der Waals surface area contributed by atoms with E-state index in [9.17, 15) is 14.9 Å².